The van der Waals surface area contributed by atoms with Crippen LogP contribution in [0.3, 0.4) is 0 Å². The highest BCUT2D eigenvalue weighted by Crippen LogP contribution is 2.39. The largest absolute Gasteiger partial charge is 0.504 e. The number of carbonyl (C=O) groups is 1. The summed E-state index contributed by atoms with van der Waals surface area (Å²) in [4.78, 5) is 27.2. The quantitative estimate of drug-likeness (QED) is 0.784. The molecule has 0 aliphatic carbocycles. The van der Waals surface area contributed by atoms with E-state index in [1.165, 1.54) is 11.0 Å². The first-order valence-corrected chi connectivity index (χ1v) is 8.31. The van der Waals surface area contributed by atoms with Crippen LogP contribution in [0.4, 0.5) is 0 Å². The van der Waals surface area contributed by atoms with Gasteiger partial charge >= 0.3 is 0 Å². The molecule has 2 aromatic carbocycles. The van der Waals surface area contributed by atoms with Crippen LogP contribution in [0.15, 0.2) is 51.7 Å². The van der Waals surface area contributed by atoms with Gasteiger partial charge in [0.25, 0.3) is 5.91 Å². The SMILES string of the molecule is CCOc1cc([C@H]2c3c(oc4ccccc4c3=O)C(=O)N2C)ccc1O. The maximum atomic E-state index is 13.1. The number of benzene rings is 2. The Hall–Kier alpha value is -3.28. The van der Waals surface area contributed by atoms with E-state index in [4.69, 9.17) is 9.15 Å². The molecule has 2 heterocycles. The van der Waals surface area contributed by atoms with Crippen LogP contribution in [0, 0.1) is 0 Å². The van der Waals surface area contributed by atoms with Gasteiger partial charge in [-0.25, -0.2) is 0 Å². The minimum atomic E-state index is -0.599. The Kier molecular flexibility index (Phi) is 3.68. The monoisotopic (exact) mass is 351 g/mol. The smallest absolute Gasteiger partial charge is 0.290 e. The molecule has 6 heteroatoms. The highest BCUT2D eigenvalue weighted by molar-refractivity contribution is 5.98. The van der Waals surface area contributed by atoms with Crippen molar-refractivity contribution < 1.29 is 19.1 Å². The summed E-state index contributed by atoms with van der Waals surface area (Å²) in [5, 5.41) is 10.4. The first-order valence-electron chi connectivity index (χ1n) is 8.31. The molecular weight excluding hydrogens is 334 g/mol. The summed E-state index contributed by atoms with van der Waals surface area (Å²) in [6, 6.07) is 11.1. The second-order valence-electron chi connectivity index (χ2n) is 6.15. The molecule has 1 atom stereocenters. The number of phenolic OH excluding ortho intramolecular Hbond substituents is 1. The number of carbonyl (C=O) groups excluding carboxylic acids is 1. The Balaban J connectivity index is 1.96. The maximum Gasteiger partial charge on any atom is 0.290 e. The number of nitrogens with zero attached hydrogens (tertiary/aromatic N) is 1. The van der Waals surface area contributed by atoms with Gasteiger partial charge in [-0.15, -0.1) is 0 Å². The standard InChI is InChI=1S/C20H17NO5/c1-3-25-15-10-11(8-9-13(15)22)17-16-18(23)12-6-4-5-7-14(12)26-19(16)20(24)21(17)2/h4-10,17,22H,3H2,1-2H3/t17-/m0/s1. The topological polar surface area (TPSA) is 80.0 Å². The summed E-state index contributed by atoms with van der Waals surface area (Å²) >= 11 is 0. The normalized spacial score (nSPS) is 16.2. The van der Waals surface area contributed by atoms with E-state index in [-0.39, 0.29) is 22.8 Å². The summed E-state index contributed by atoms with van der Waals surface area (Å²) in [6.45, 7) is 2.20. The lowest BCUT2D eigenvalue weighted by molar-refractivity contribution is 0.0771. The van der Waals surface area contributed by atoms with Crippen molar-refractivity contribution >= 4 is 16.9 Å². The number of hydrogen-bond acceptors (Lipinski definition) is 5. The first kappa shape index (κ1) is 16.2. The van der Waals surface area contributed by atoms with Crippen molar-refractivity contribution in [2.75, 3.05) is 13.7 Å². The average Bonchev–Trinajstić information content (AvgIpc) is 2.89. The molecule has 0 radical (unpaired) electrons. The van der Waals surface area contributed by atoms with Gasteiger partial charge in [0, 0.05) is 7.05 Å². The third-order valence-corrected chi connectivity index (χ3v) is 4.61. The predicted octanol–water partition coefficient (Wildman–Crippen LogP) is 3.07. The van der Waals surface area contributed by atoms with Crippen LogP contribution in [0.25, 0.3) is 11.0 Å². The van der Waals surface area contributed by atoms with Crippen molar-refractivity contribution in [3.8, 4) is 11.5 Å². The summed E-state index contributed by atoms with van der Waals surface area (Å²) in [5.74, 6) is 0.0314. The van der Waals surface area contributed by atoms with Gasteiger partial charge in [0.15, 0.2) is 16.9 Å². The van der Waals surface area contributed by atoms with E-state index in [2.05, 4.69) is 0 Å². The van der Waals surface area contributed by atoms with Crippen LogP contribution in [0.2, 0.25) is 0 Å². The molecule has 0 unspecified atom stereocenters. The van der Waals surface area contributed by atoms with Crippen molar-refractivity contribution in [3.63, 3.8) is 0 Å². The number of hydrogen-bond donors (Lipinski definition) is 1. The Morgan fingerprint density at radius 1 is 1.19 bits per heavy atom. The van der Waals surface area contributed by atoms with E-state index < -0.39 is 6.04 Å². The molecule has 0 fully saturated rings. The first-order chi connectivity index (χ1) is 12.5. The van der Waals surface area contributed by atoms with Crippen LogP contribution in [0.1, 0.15) is 34.6 Å². The van der Waals surface area contributed by atoms with E-state index >= 15 is 0 Å². The molecule has 3 aromatic rings. The molecule has 0 saturated carbocycles. The third kappa shape index (κ3) is 2.26. The Labute approximate surface area is 149 Å². The minimum Gasteiger partial charge on any atom is -0.504 e. The lowest BCUT2D eigenvalue weighted by Crippen LogP contribution is -2.25. The Bertz CT molecular complexity index is 1090. The summed E-state index contributed by atoms with van der Waals surface area (Å²) in [7, 11) is 1.62. The number of amides is 1. The fraction of sp³-hybridized carbons (Fsp3) is 0.200. The number of rotatable bonds is 3. The molecule has 1 aromatic heterocycles. The highest BCUT2D eigenvalue weighted by Gasteiger charge is 2.40. The number of aromatic hydroxyl groups is 1. The van der Waals surface area contributed by atoms with E-state index in [0.717, 1.165) is 0 Å². The fourth-order valence-electron chi connectivity index (χ4n) is 3.40. The minimum absolute atomic E-state index is 0.00773. The molecule has 1 amide bonds. The predicted molar refractivity (Wildman–Crippen MR) is 95.7 cm³/mol. The highest BCUT2D eigenvalue weighted by atomic mass is 16.5. The molecule has 6 nitrogen and oxygen atoms in total. The van der Waals surface area contributed by atoms with Gasteiger partial charge in [0.05, 0.1) is 23.6 Å². The Morgan fingerprint density at radius 2 is 1.96 bits per heavy atom. The second kappa shape index (κ2) is 5.91. The summed E-state index contributed by atoms with van der Waals surface area (Å²) in [6.07, 6.45) is 0. The zero-order valence-electron chi connectivity index (χ0n) is 14.4. The number of para-hydroxylation sites is 1. The lowest BCUT2D eigenvalue weighted by atomic mass is 9.98. The van der Waals surface area contributed by atoms with Gasteiger partial charge in [0.1, 0.15) is 5.58 Å². The summed E-state index contributed by atoms with van der Waals surface area (Å²) < 4.78 is 11.2. The van der Waals surface area contributed by atoms with E-state index in [1.54, 1.807) is 43.4 Å². The van der Waals surface area contributed by atoms with Crippen molar-refractivity contribution in [1.82, 2.24) is 4.90 Å². The number of phenols is 1. The maximum absolute atomic E-state index is 13.1. The molecule has 1 N–H and O–H groups in total. The second-order valence-corrected chi connectivity index (χ2v) is 6.15. The molecule has 1 aliphatic rings. The van der Waals surface area contributed by atoms with E-state index in [1.807, 2.05) is 6.92 Å². The van der Waals surface area contributed by atoms with E-state index in [0.29, 0.717) is 34.5 Å². The summed E-state index contributed by atoms with van der Waals surface area (Å²) in [5.41, 5.74) is 1.14. The average molecular weight is 351 g/mol. The molecule has 1 aliphatic heterocycles. The molecule has 0 spiro atoms. The van der Waals surface area contributed by atoms with Crippen LogP contribution in [0.5, 0.6) is 11.5 Å². The van der Waals surface area contributed by atoms with Gasteiger partial charge in [0.2, 0.25) is 5.76 Å². The van der Waals surface area contributed by atoms with Gasteiger partial charge in [-0.1, -0.05) is 18.2 Å². The lowest BCUT2D eigenvalue weighted by Gasteiger charge is -2.21. The third-order valence-electron chi connectivity index (χ3n) is 4.61. The van der Waals surface area contributed by atoms with Crippen LogP contribution < -0.4 is 10.2 Å². The van der Waals surface area contributed by atoms with Crippen molar-refractivity contribution in [2.24, 2.45) is 0 Å². The van der Waals surface area contributed by atoms with E-state index in [9.17, 15) is 14.7 Å². The van der Waals surface area contributed by atoms with Gasteiger partial charge in [-0.3, -0.25) is 9.59 Å². The molecule has 0 saturated heterocycles. The van der Waals surface area contributed by atoms with Crippen molar-refractivity contribution in [3.05, 3.63) is 69.6 Å². The van der Waals surface area contributed by atoms with Gasteiger partial charge in [-0.05, 0) is 36.8 Å². The Morgan fingerprint density at radius 3 is 2.73 bits per heavy atom. The van der Waals surface area contributed by atoms with Crippen LogP contribution in [-0.2, 0) is 0 Å². The molecule has 132 valence electrons. The molecule has 4 rings (SSSR count). The van der Waals surface area contributed by atoms with Crippen LogP contribution in [-0.4, -0.2) is 29.6 Å². The van der Waals surface area contributed by atoms with Crippen molar-refractivity contribution in [1.29, 1.82) is 0 Å². The fourth-order valence-corrected chi connectivity index (χ4v) is 3.40. The molecule has 0 bridgehead atoms. The van der Waals surface area contributed by atoms with Crippen LogP contribution >= 0.6 is 0 Å². The molecule has 26 heavy (non-hydrogen) atoms. The van der Waals surface area contributed by atoms with Gasteiger partial charge < -0.3 is 19.2 Å². The number of fused-ring (bicyclic) bond motifs is 2. The zero-order valence-corrected chi connectivity index (χ0v) is 14.4. The van der Waals surface area contributed by atoms with Gasteiger partial charge in [-0.2, -0.15) is 0 Å². The zero-order chi connectivity index (χ0) is 18.4. The number of ether oxygens (including phenoxy) is 1. The molecular formula is C20H17NO5. The van der Waals surface area contributed by atoms with Crippen molar-refractivity contribution in [2.45, 2.75) is 13.0 Å².